The second-order valence-electron chi connectivity index (χ2n) is 6.28. The molecule has 0 atom stereocenters. The van der Waals surface area contributed by atoms with Gasteiger partial charge >= 0.3 is 6.03 Å². The van der Waals surface area contributed by atoms with Crippen LogP contribution in [0.15, 0.2) is 29.2 Å². The van der Waals surface area contributed by atoms with Crippen molar-refractivity contribution in [1.82, 2.24) is 5.32 Å². The third-order valence-electron chi connectivity index (χ3n) is 3.51. The lowest BCUT2D eigenvalue weighted by Gasteiger charge is -2.09. The molecule has 23 heavy (non-hydrogen) atoms. The normalized spacial score (nSPS) is 11.5. The molecule has 0 heterocycles. The van der Waals surface area contributed by atoms with Crippen LogP contribution in [-0.2, 0) is 9.84 Å². The van der Waals surface area contributed by atoms with Crippen molar-refractivity contribution in [1.29, 1.82) is 0 Å². The second kappa shape index (κ2) is 9.55. The van der Waals surface area contributed by atoms with Gasteiger partial charge in [0.25, 0.3) is 0 Å². The van der Waals surface area contributed by atoms with Gasteiger partial charge < -0.3 is 10.6 Å². The van der Waals surface area contributed by atoms with Gasteiger partial charge in [0.05, 0.1) is 4.90 Å². The Morgan fingerprint density at radius 3 is 2.48 bits per heavy atom. The molecule has 0 aromatic heterocycles. The minimum atomic E-state index is -3.27. The van der Waals surface area contributed by atoms with Gasteiger partial charge in [-0.25, -0.2) is 13.2 Å². The van der Waals surface area contributed by atoms with Crippen LogP contribution in [0.5, 0.6) is 0 Å². The summed E-state index contributed by atoms with van der Waals surface area (Å²) in [6, 6.07) is 5.94. The molecule has 0 aliphatic rings. The van der Waals surface area contributed by atoms with E-state index in [0.717, 1.165) is 25.0 Å². The number of rotatable bonds is 9. The molecule has 2 N–H and O–H groups in total. The molecule has 5 nitrogen and oxygen atoms in total. The number of anilines is 1. The molecular formula is C17H28N2O3S. The SMILES string of the molecule is CC(C)CCCCCCNC(=O)Nc1cccc(S(C)(=O)=O)c1. The topological polar surface area (TPSA) is 75.3 Å². The number of hydrogen-bond donors (Lipinski definition) is 2. The first-order valence-corrected chi connectivity index (χ1v) is 10.0. The van der Waals surface area contributed by atoms with Crippen LogP contribution in [0.25, 0.3) is 0 Å². The fourth-order valence-electron chi connectivity index (χ4n) is 2.21. The van der Waals surface area contributed by atoms with E-state index in [2.05, 4.69) is 24.5 Å². The van der Waals surface area contributed by atoms with Gasteiger partial charge in [-0.3, -0.25) is 0 Å². The molecule has 130 valence electrons. The van der Waals surface area contributed by atoms with Crippen molar-refractivity contribution in [2.24, 2.45) is 5.92 Å². The zero-order valence-electron chi connectivity index (χ0n) is 14.3. The van der Waals surface area contributed by atoms with E-state index in [-0.39, 0.29) is 10.9 Å². The van der Waals surface area contributed by atoms with Crippen LogP contribution in [0.3, 0.4) is 0 Å². The predicted molar refractivity (Wildman–Crippen MR) is 94.5 cm³/mol. The maximum absolute atomic E-state index is 11.8. The van der Waals surface area contributed by atoms with Crippen molar-refractivity contribution in [3.63, 3.8) is 0 Å². The number of hydrogen-bond acceptors (Lipinski definition) is 3. The molecule has 0 fully saturated rings. The van der Waals surface area contributed by atoms with Crippen LogP contribution in [0.2, 0.25) is 0 Å². The maximum atomic E-state index is 11.8. The highest BCUT2D eigenvalue weighted by Crippen LogP contribution is 2.15. The molecule has 0 aliphatic heterocycles. The van der Waals surface area contributed by atoms with Gasteiger partial charge in [-0.1, -0.05) is 45.6 Å². The second-order valence-corrected chi connectivity index (χ2v) is 8.29. The van der Waals surface area contributed by atoms with Gasteiger partial charge in [-0.05, 0) is 30.5 Å². The van der Waals surface area contributed by atoms with Gasteiger partial charge in [0.15, 0.2) is 9.84 Å². The third kappa shape index (κ3) is 8.59. The number of urea groups is 1. The average molecular weight is 340 g/mol. The van der Waals surface area contributed by atoms with Gasteiger partial charge in [-0.15, -0.1) is 0 Å². The van der Waals surface area contributed by atoms with Crippen LogP contribution in [0.4, 0.5) is 10.5 Å². The van der Waals surface area contributed by atoms with Crippen LogP contribution < -0.4 is 10.6 Å². The van der Waals surface area contributed by atoms with Crippen molar-refractivity contribution in [2.45, 2.75) is 50.8 Å². The predicted octanol–water partition coefficient (Wildman–Crippen LogP) is 3.82. The van der Waals surface area contributed by atoms with Crippen molar-refractivity contribution in [2.75, 3.05) is 18.1 Å². The van der Waals surface area contributed by atoms with Crippen LogP contribution in [-0.4, -0.2) is 27.2 Å². The Balaban J connectivity index is 2.27. The average Bonchev–Trinajstić information content (AvgIpc) is 2.45. The van der Waals surface area contributed by atoms with E-state index in [4.69, 9.17) is 0 Å². The number of benzene rings is 1. The Morgan fingerprint density at radius 1 is 1.13 bits per heavy atom. The molecule has 0 saturated carbocycles. The van der Waals surface area contributed by atoms with Gasteiger partial charge in [-0.2, -0.15) is 0 Å². The highest BCUT2D eigenvalue weighted by atomic mass is 32.2. The molecule has 2 amide bonds. The van der Waals surface area contributed by atoms with Crippen LogP contribution in [0, 0.1) is 5.92 Å². The summed E-state index contributed by atoms with van der Waals surface area (Å²) in [4.78, 5) is 12.0. The van der Waals surface area contributed by atoms with Crippen molar-refractivity contribution < 1.29 is 13.2 Å². The van der Waals surface area contributed by atoms with E-state index >= 15 is 0 Å². The molecule has 0 saturated heterocycles. The summed E-state index contributed by atoms with van der Waals surface area (Å²) in [6.07, 6.45) is 6.89. The molecule has 1 rings (SSSR count). The Bertz CT molecular complexity index is 598. The summed E-state index contributed by atoms with van der Waals surface area (Å²) in [5.74, 6) is 0.751. The summed E-state index contributed by atoms with van der Waals surface area (Å²) in [5.41, 5.74) is 0.474. The fraction of sp³-hybridized carbons (Fsp3) is 0.588. The van der Waals surface area contributed by atoms with E-state index in [1.54, 1.807) is 12.1 Å². The molecule has 0 aliphatic carbocycles. The standard InChI is InChI=1S/C17H28N2O3S/c1-14(2)9-6-4-5-7-12-18-17(20)19-15-10-8-11-16(13-15)23(3,21)22/h8,10-11,13-14H,4-7,9,12H2,1-3H3,(H2,18,19,20). The summed E-state index contributed by atoms with van der Waals surface area (Å²) >= 11 is 0. The first-order chi connectivity index (χ1) is 10.8. The summed E-state index contributed by atoms with van der Waals surface area (Å²) < 4.78 is 23.0. The first kappa shape index (κ1) is 19.5. The molecule has 1 aromatic carbocycles. The highest BCUT2D eigenvalue weighted by Gasteiger charge is 2.08. The van der Waals surface area contributed by atoms with Crippen LogP contribution in [0.1, 0.15) is 46.0 Å². The molecule has 0 unspecified atom stereocenters. The fourth-order valence-corrected chi connectivity index (χ4v) is 2.88. The lowest BCUT2D eigenvalue weighted by atomic mass is 10.0. The number of amides is 2. The number of sulfone groups is 1. The highest BCUT2D eigenvalue weighted by molar-refractivity contribution is 7.90. The van der Waals surface area contributed by atoms with Crippen molar-refractivity contribution in [3.05, 3.63) is 24.3 Å². The monoisotopic (exact) mass is 340 g/mol. The maximum Gasteiger partial charge on any atom is 0.319 e. The van der Waals surface area contributed by atoms with Gasteiger partial charge in [0.1, 0.15) is 0 Å². The summed E-state index contributed by atoms with van der Waals surface area (Å²) in [6.45, 7) is 5.08. The molecule has 0 spiro atoms. The van der Waals surface area contributed by atoms with E-state index in [1.165, 1.54) is 31.4 Å². The quantitative estimate of drug-likeness (QED) is 0.671. The Morgan fingerprint density at radius 2 is 1.83 bits per heavy atom. The number of nitrogens with one attached hydrogen (secondary N) is 2. The zero-order valence-corrected chi connectivity index (χ0v) is 15.1. The Kier molecular flexibility index (Phi) is 8.09. The van der Waals surface area contributed by atoms with E-state index in [9.17, 15) is 13.2 Å². The largest absolute Gasteiger partial charge is 0.338 e. The van der Waals surface area contributed by atoms with Crippen molar-refractivity contribution >= 4 is 21.6 Å². The summed E-state index contributed by atoms with van der Waals surface area (Å²) in [7, 11) is -3.27. The minimum absolute atomic E-state index is 0.195. The van der Waals surface area contributed by atoms with E-state index in [1.807, 2.05) is 0 Å². The minimum Gasteiger partial charge on any atom is -0.338 e. The van der Waals surface area contributed by atoms with E-state index < -0.39 is 9.84 Å². The third-order valence-corrected chi connectivity index (χ3v) is 4.62. The van der Waals surface area contributed by atoms with E-state index in [0.29, 0.717) is 12.2 Å². The zero-order chi connectivity index (χ0) is 17.3. The number of unbranched alkanes of at least 4 members (excludes halogenated alkanes) is 3. The van der Waals surface area contributed by atoms with Crippen LogP contribution >= 0.6 is 0 Å². The summed E-state index contributed by atoms with van der Waals surface area (Å²) in [5, 5.41) is 5.45. The Hall–Kier alpha value is -1.56. The van der Waals surface area contributed by atoms with Gasteiger partial charge in [0, 0.05) is 18.5 Å². The molecule has 6 heteroatoms. The van der Waals surface area contributed by atoms with Crippen molar-refractivity contribution in [3.8, 4) is 0 Å². The smallest absolute Gasteiger partial charge is 0.319 e. The molecular weight excluding hydrogens is 312 g/mol. The number of carbonyl (C=O) groups excluding carboxylic acids is 1. The molecule has 0 bridgehead atoms. The number of carbonyl (C=O) groups is 1. The lowest BCUT2D eigenvalue weighted by molar-refractivity contribution is 0.252. The molecule has 1 aromatic rings. The lowest BCUT2D eigenvalue weighted by Crippen LogP contribution is -2.29. The Labute approximate surface area is 139 Å². The first-order valence-electron chi connectivity index (χ1n) is 8.14. The van der Waals surface area contributed by atoms with Gasteiger partial charge in [0.2, 0.25) is 0 Å². The molecule has 0 radical (unpaired) electrons.